The predicted octanol–water partition coefficient (Wildman–Crippen LogP) is 1.73. The molecule has 0 spiro atoms. The second-order valence-electron chi connectivity index (χ2n) is 1.83. The third kappa shape index (κ3) is 1.37. The monoisotopic (exact) mass is 137 g/mol. The number of nitrogens with zero attached hydrogens (tertiary/aromatic N) is 1. The average molecular weight is 137 g/mol. The Kier molecular flexibility index (Phi) is 1.38. The Labute approximate surface area is 50.8 Å². The minimum Gasteiger partial charge on any atom is -0.291 e. The van der Waals surface area contributed by atoms with E-state index in [2.05, 4.69) is 0 Å². The molecule has 1 heterocycles. The summed E-state index contributed by atoms with van der Waals surface area (Å²) in [5, 5.41) is 0. The van der Waals surface area contributed by atoms with Gasteiger partial charge in [-0.05, 0) is 6.42 Å². The second kappa shape index (κ2) is 1.93. The van der Waals surface area contributed by atoms with E-state index >= 15 is 0 Å². The summed E-state index contributed by atoms with van der Waals surface area (Å²) in [6, 6.07) is 0. The van der Waals surface area contributed by atoms with Crippen LogP contribution in [0.25, 0.3) is 0 Å². The smallest absolute Gasteiger partial charge is 0.291 e. The highest BCUT2D eigenvalue weighted by Crippen LogP contribution is 2.24. The summed E-state index contributed by atoms with van der Waals surface area (Å²) < 4.78 is 34.9. The average Bonchev–Trinajstić information content (AvgIpc) is 2.08. The molecule has 0 unspecified atom stereocenters. The molecule has 1 aliphatic heterocycles. The summed E-state index contributed by atoms with van der Waals surface area (Å²) in [4.78, 5) is 0.368. The normalized spacial score (nSPS) is 19.2. The van der Waals surface area contributed by atoms with Gasteiger partial charge in [-0.2, -0.15) is 13.2 Å². The Bertz CT molecular complexity index is 127. The molecule has 0 aromatic heterocycles. The van der Waals surface area contributed by atoms with E-state index in [1.807, 2.05) is 0 Å². The zero-order valence-electron chi connectivity index (χ0n) is 4.65. The van der Waals surface area contributed by atoms with Gasteiger partial charge in [0.1, 0.15) is 0 Å². The summed E-state index contributed by atoms with van der Waals surface area (Å²) in [5.41, 5.74) is 0. The molecule has 0 amide bonds. The van der Waals surface area contributed by atoms with E-state index in [4.69, 9.17) is 0 Å². The van der Waals surface area contributed by atoms with Gasteiger partial charge in [-0.25, -0.2) is 0 Å². The fraction of sp³-hybridized carbons (Fsp3) is 0.600. The number of rotatable bonds is 0. The molecule has 0 saturated heterocycles. The van der Waals surface area contributed by atoms with Crippen LogP contribution in [0.15, 0.2) is 12.3 Å². The van der Waals surface area contributed by atoms with E-state index in [9.17, 15) is 13.2 Å². The van der Waals surface area contributed by atoms with Crippen molar-refractivity contribution in [1.82, 2.24) is 4.90 Å². The van der Waals surface area contributed by atoms with Gasteiger partial charge in [-0.1, -0.05) is 6.08 Å². The van der Waals surface area contributed by atoms with Gasteiger partial charge in [-0.15, -0.1) is 0 Å². The quantitative estimate of drug-likeness (QED) is 0.459. The van der Waals surface area contributed by atoms with Gasteiger partial charge in [0.2, 0.25) is 0 Å². The van der Waals surface area contributed by atoms with Crippen LogP contribution < -0.4 is 0 Å². The van der Waals surface area contributed by atoms with Crippen LogP contribution in [0, 0.1) is 0 Å². The Morgan fingerprint density at radius 2 is 2.00 bits per heavy atom. The lowest BCUT2D eigenvalue weighted by Crippen LogP contribution is -2.31. The van der Waals surface area contributed by atoms with Crippen molar-refractivity contribution in [3.63, 3.8) is 0 Å². The maximum absolute atomic E-state index is 11.6. The van der Waals surface area contributed by atoms with Gasteiger partial charge in [0, 0.05) is 12.7 Å². The molecule has 52 valence electrons. The van der Waals surface area contributed by atoms with Crippen LogP contribution >= 0.6 is 0 Å². The Balaban J connectivity index is 2.53. The minimum atomic E-state index is -4.17. The van der Waals surface area contributed by atoms with Gasteiger partial charge >= 0.3 is 6.30 Å². The first-order chi connectivity index (χ1) is 4.11. The van der Waals surface area contributed by atoms with Crippen molar-refractivity contribution >= 4 is 0 Å². The molecule has 0 bridgehead atoms. The highest BCUT2D eigenvalue weighted by molar-refractivity contribution is 4.91. The van der Waals surface area contributed by atoms with Crippen molar-refractivity contribution in [1.29, 1.82) is 0 Å². The number of hydrogen-bond acceptors (Lipinski definition) is 1. The fourth-order valence-corrected chi connectivity index (χ4v) is 0.701. The van der Waals surface area contributed by atoms with Crippen LogP contribution in [0.3, 0.4) is 0 Å². The molecule has 0 aromatic carbocycles. The zero-order valence-corrected chi connectivity index (χ0v) is 4.65. The molecular formula is C5H6F3N. The van der Waals surface area contributed by atoms with Crippen LogP contribution in [-0.2, 0) is 0 Å². The van der Waals surface area contributed by atoms with Crippen LogP contribution in [0.1, 0.15) is 6.42 Å². The van der Waals surface area contributed by atoms with Crippen molar-refractivity contribution in [2.45, 2.75) is 12.7 Å². The van der Waals surface area contributed by atoms with Crippen LogP contribution in [0.5, 0.6) is 0 Å². The first-order valence-corrected chi connectivity index (χ1v) is 2.61. The topological polar surface area (TPSA) is 3.24 Å². The summed E-state index contributed by atoms with van der Waals surface area (Å²) in [5.74, 6) is 0. The highest BCUT2D eigenvalue weighted by Gasteiger charge is 2.35. The van der Waals surface area contributed by atoms with Crippen LogP contribution in [-0.4, -0.2) is 17.7 Å². The van der Waals surface area contributed by atoms with E-state index in [0.717, 1.165) is 6.20 Å². The third-order valence-electron chi connectivity index (χ3n) is 1.15. The highest BCUT2D eigenvalue weighted by atomic mass is 19.4. The van der Waals surface area contributed by atoms with E-state index in [0.29, 0.717) is 11.3 Å². The maximum atomic E-state index is 11.6. The van der Waals surface area contributed by atoms with Crippen LogP contribution in [0.4, 0.5) is 13.2 Å². The van der Waals surface area contributed by atoms with E-state index in [1.54, 1.807) is 0 Å². The minimum absolute atomic E-state index is 0.0729. The number of hydrogen-bond donors (Lipinski definition) is 0. The predicted molar refractivity (Wildman–Crippen MR) is 26.5 cm³/mol. The molecular weight excluding hydrogens is 131 g/mol. The molecule has 0 radical (unpaired) electrons. The van der Waals surface area contributed by atoms with Gasteiger partial charge in [0.05, 0.1) is 0 Å². The van der Waals surface area contributed by atoms with Crippen molar-refractivity contribution in [2.24, 2.45) is 0 Å². The standard InChI is InChI=1S/C5H6F3N/c6-5(7,8)9-3-1-2-4-9/h1,3H,2,4H2. The van der Waals surface area contributed by atoms with Crippen molar-refractivity contribution < 1.29 is 13.2 Å². The Hall–Kier alpha value is -0.670. The molecule has 1 rings (SSSR count). The Morgan fingerprint density at radius 1 is 1.33 bits per heavy atom. The summed E-state index contributed by atoms with van der Waals surface area (Å²) in [6.45, 7) is 0.0729. The van der Waals surface area contributed by atoms with Gasteiger partial charge in [-0.3, -0.25) is 4.90 Å². The van der Waals surface area contributed by atoms with E-state index in [-0.39, 0.29) is 6.54 Å². The number of alkyl halides is 3. The zero-order chi connectivity index (χ0) is 6.91. The molecule has 4 heteroatoms. The third-order valence-corrected chi connectivity index (χ3v) is 1.15. The fourth-order valence-electron chi connectivity index (χ4n) is 0.701. The lowest BCUT2D eigenvalue weighted by molar-refractivity contribution is -0.224. The molecule has 0 atom stereocenters. The molecule has 1 nitrogen and oxygen atoms in total. The SMILES string of the molecule is FC(F)(F)N1C=CCC1. The molecule has 1 aliphatic rings. The van der Waals surface area contributed by atoms with Crippen molar-refractivity contribution in [3.8, 4) is 0 Å². The largest absolute Gasteiger partial charge is 0.484 e. The van der Waals surface area contributed by atoms with E-state index < -0.39 is 6.30 Å². The first kappa shape index (κ1) is 6.45. The summed E-state index contributed by atoms with van der Waals surface area (Å²) in [7, 11) is 0. The lowest BCUT2D eigenvalue weighted by Gasteiger charge is -2.17. The second-order valence-corrected chi connectivity index (χ2v) is 1.83. The van der Waals surface area contributed by atoms with Crippen molar-refractivity contribution in [3.05, 3.63) is 12.3 Å². The molecule has 9 heavy (non-hydrogen) atoms. The van der Waals surface area contributed by atoms with Gasteiger partial charge in [0.25, 0.3) is 0 Å². The number of halogens is 3. The van der Waals surface area contributed by atoms with Gasteiger partial charge < -0.3 is 0 Å². The molecule has 0 N–H and O–H groups in total. The molecule has 0 aliphatic carbocycles. The summed E-state index contributed by atoms with van der Waals surface area (Å²) >= 11 is 0. The van der Waals surface area contributed by atoms with Gasteiger partial charge in [0.15, 0.2) is 0 Å². The maximum Gasteiger partial charge on any atom is 0.484 e. The molecule has 0 saturated carbocycles. The first-order valence-electron chi connectivity index (χ1n) is 2.61. The Morgan fingerprint density at radius 3 is 2.22 bits per heavy atom. The van der Waals surface area contributed by atoms with Crippen LogP contribution in [0.2, 0.25) is 0 Å². The van der Waals surface area contributed by atoms with Crippen molar-refractivity contribution in [2.75, 3.05) is 6.54 Å². The molecule has 0 fully saturated rings. The van der Waals surface area contributed by atoms with E-state index in [1.165, 1.54) is 6.08 Å². The summed E-state index contributed by atoms with van der Waals surface area (Å²) in [6.07, 6.45) is -1.10. The lowest BCUT2D eigenvalue weighted by atomic mass is 10.5. The molecule has 0 aromatic rings.